The van der Waals surface area contributed by atoms with Gasteiger partial charge < -0.3 is 11.1 Å². The van der Waals surface area contributed by atoms with Gasteiger partial charge in [-0.05, 0) is 6.42 Å². The van der Waals surface area contributed by atoms with Crippen molar-refractivity contribution in [2.45, 2.75) is 26.1 Å². The Labute approximate surface area is 126 Å². The number of aryl methyl sites for hydroxylation is 1. The van der Waals surface area contributed by atoms with Crippen LogP contribution in [0, 0.1) is 0 Å². The number of aromatic nitrogens is 2. The molecule has 0 unspecified atom stereocenters. The summed E-state index contributed by atoms with van der Waals surface area (Å²) in [6.45, 7) is 2.43. The third-order valence-electron chi connectivity index (χ3n) is 2.15. The van der Waals surface area contributed by atoms with Crippen molar-refractivity contribution in [2.24, 2.45) is 17.8 Å². The maximum Gasteiger partial charge on any atom is 0.435 e. The molecule has 0 spiro atoms. The minimum atomic E-state index is -4.47. The Bertz CT molecular complexity index is 427. The molecule has 19 heavy (non-hydrogen) atoms. The number of halogens is 4. The molecule has 0 atom stereocenters. The molecule has 0 aliphatic rings. The van der Waals surface area contributed by atoms with Crippen LogP contribution in [0.15, 0.2) is 11.2 Å². The second-order valence-electron chi connectivity index (χ2n) is 3.80. The second kappa shape index (κ2) is 7.56. The molecule has 3 N–H and O–H groups in total. The van der Waals surface area contributed by atoms with Crippen LogP contribution in [0.4, 0.5) is 13.2 Å². The van der Waals surface area contributed by atoms with E-state index in [9.17, 15) is 13.2 Å². The molecule has 0 bridgehead atoms. The molecule has 1 aromatic heterocycles. The first-order valence-electron chi connectivity index (χ1n) is 5.48. The SMILES string of the molecule is CCCNC(N)=NCc1cn(C)nc1C(F)(F)F.I. The smallest absolute Gasteiger partial charge is 0.370 e. The van der Waals surface area contributed by atoms with Crippen molar-refractivity contribution >= 4 is 29.9 Å². The Morgan fingerprint density at radius 1 is 1.53 bits per heavy atom. The van der Waals surface area contributed by atoms with Gasteiger partial charge in [-0.2, -0.15) is 18.3 Å². The van der Waals surface area contributed by atoms with Crippen LogP contribution in [0.5, 0.6) is 0 Å². The van der Waals surface area contributed by atoms with E-state index in [4.69, 9.17) is 5.73 Å². The van der Waals surface area contributed by atoms with Crippen molar-refractivity contribution in [3.8, 4) is 0 Å². The number of aliphatic imine (C=N–C) groups is 1. The summed E-state index contributed by atoms with van der Waals surface area (Å²) in [5, 5.41) is 6.17. The summed E-state index contributed by atoms with van der Waals surface area (Å²) in [6.07, 6.45) is -2.33. The second-order valence-corrected chi connectivity index (χ2v) is 3.80. The minimum absolute atomic E-state index is 0. The van der Waals surface area contributed by atoms with Crippen LogP contribution >= 0.6 is 24.0 Å². The highest BCUT2D eigenvalue weighted by atomic mass is 127. The lowest BCUT2D eigenvalue weighted by Gasteiger charge is -2.05. The van der Waals surface area contributed by atoms with Crippen LogP contribution in [0.1, 0.15) is 24.6 Å². The van der Waals surface area contributed by atoms with E-state index >= 15 is 0 Å². The van der Waals surface area contributed by atoms with Gasteiger partial charge in [0.25, 0.3) is 0 Å². The van der Waals surface area contributed by atoms with Crippen LogP contribution in [-0.4, -0.2) is 22.3 Å². The van der Waals surface area contributed by atoms with Gasteiger partial charge in [-0.1, -0.05) is 6.92 Å². The molecular formula is C10H17F3IN5. The third-order valence-corrected chi connectivity index (χ3v) is 2.15. The maximum atomic E-state index is 12.6. The molecule has 9 heteroatoms. The number of guanidine groups is 1. The van der Waals surface area contributed by atoms with Gasteiger partial charge in [-0.25, -0.2) is 4.99 Å². The summed E-state index contributed by atoms with van der Waals surface area (Å²) in [4.78, 5) is 3.85. The number of hydrogen-bond donors (Lipinski definition) is 2. The van der Waals surface area contributed by atoms with E-state index in [1.165, 1.54) is 13.2 Å². The molecule has 110 valence electrons. The van der Waals surface area contributed by atoms with Gasteiger partial charge in [0.15, 0.2) is 11.7 Å². The van der Waals surface area contributed by atoms with Crippen LogP contribution < -0.4 is 11.1 Å². The molecular weight excluding hydrogens is 374 g/mol. The predicted octanol–water partition coefficient (Wildman–Crippen LogP) is 1.87. The van der Waals surface area contributed by atoms with Crippen LogP contribution in [0.3, 0.4) is 0 Å². The fourth-order valence-electron chi connectivity index (χ4n) is 1.37. The van der Waals surface area contributed by atoms with Crippen LogP contribution in [0.25, 0.3) is 0 Å². The van der Waals surface area contributed by atoms with E-state index in [1.807, 2.05) is 6.92 Å². The van der Waals surface area contributed by atoms with Gasteiger partial charge >= 0.3 is 6.18 Å². The number of nitrogens with one attached hydrogen (secondary N) is 1. The molecule has 0 amide bonds. The zero-order chi connectivity index (χ0) is 13.8. The largest absolute Gasteiger partial charge is 0.435 e. The van der Waals surface area contributed by atoms with Crippen molar-refractivity contribution in [3.63, 3.8) is 0 Å². The van der Waals surface area contributed by atoms with Crippen LogP contribution in [0.2, 0.25) is 0 Å². The summed E-state index contributed by atoms with van der Waals surface area (Å²) >= 11 is 0. The normalized spacial score (nSPS) is 12.2. The highest BCUT2D eigenvalue weighted by molar-refractivity contribution is 14.0. The molecule has 0 aromatic carbocycles. The quantitative estimate of drug-likeness (QED) is 0.468. The molecule has 1 heterocycles. The standard InChI is InChI=1S/C10H16F3N5.HI/c1-3-4-15-9(14)16-5-7-6-18(2)17-8(7)10(11,12)13;/h6H,3-5H2,1-2H3,(H3,14,15,16);1H. The zero-order valence-electron chi connectivity index (χ0n) is 10.7. The van der Waals surface area contributed by atoms with Crippen molar-refractivity contribution < 1.29 is 13.2 Å². The first-order chi connectivity index (χ1) is 8.34. The van der Waals surface area contributed by atoms with E-state index in [0.717, 1.165) is 11.1 Å². The van der Waals surface area contributed by atoms with E-state index in [1.54, 1.807) is 0 Å². The van der Waals surface area contributed by atoms with Crippen molar-refractivity contribution in [3.05, 3.63) is 17.5 Å². The highest BCUT2D eigenvalue weighted by Crippen LogP contribution is 2.30. The summed E-state index contributed by atoms with van der Waals surface area (Å²) in [5.41, 5.74) is 4.59. The lowest BCUT2D eigenvalue weighted by molar-refractivity contribution is -0.142. The molecule has 0 aliphatic carbocycles. The van der Waals surface area contributed by atoms with Crippen molar-refractivity contribution in [2.75, 3.05) is 6.54 Å². The summed E-state index contributed by atoms with van der Waals surface area (Å²) in [6, 6.07) is 0. The topological polar surface area (TPSA) is 68.2 Å². The number of nitrogens with two attached hydrogens (primary N) is 1. The number of rotatable bonds is 4. The van der Waals surface area contributed by atoms with Gasteiger partial charge in [0.1, 0.15) is 0 Å². The van der Waals surface area contributed by atoms with E-state index in [-0.39, 0.29) is 42.0 Å². The molecule has 1 aromatic rings. The monoisotopic (exact) mass is 391 g/mol. The fourth-order valence-corrected chi connectivity index (χ4v) is 1.37. The van der Waals surface area contributed by atoms with Crippen molar-refractivity contribution in [1.29, 1.82) is 0 Å². The molecule has 0 radical (unpaired) electrons. The van der Waals surface area contributed by atoms with Crippen LogP contribution in [-0.2, 0) is 19.8 Å². The number of alkyl halides is 3. The average Bonchev–Trinajstić information content (AvgIpc) is 2.65. The Balaban J connectivity index is 0.00000324. The van der Waals surface area contributed by atoms with Crippen molar-refractivity contribution in [1.82, 2.24) is 15.1 Å². The van der Waals surface area contributed by atoms with Gasteiger partial charge in [-0.3, -0.25) is 4.68 Å². The molecule has 0 aliphatic heterocycles. The lowest BCUT2D eigenvalue weighted by Crippen LogP contribution is -2.32. The summed E-state index contributed by atoms with van der Waals surface area (Å²) in [7, 11) is 1.43. The highest BCUT2D eigenvalue weighted by Gasteiger charge is 2.36. The Morgan fingerprint density at radius 3 is 2.68 bits per heavy atom. The summed E-state index contributed by atoms with van der Waals surface area (Å²) in [5.74, 6) is 0.133. The number of nitrogens with zero attached hydrogens (tertiary/aromatic N) is 3. The minimum Gasteiger partial charge on any atom is -0.370 e. The van der Waals surface area contributed by atoms with Gasteiger partial charge in [0, 0.05) is 25.4 Å². The Morgan fingerprint density at radius 2 is 2.16 bits per heavy atom. The maximum absolute atomic E-state index is 12.6. The number of hydrogen-bond acceptors (Lipinski definition) is 2. The van der Waals surface area contributed by atoms with E-state index < -0.39 is 11.9 Å². The Hall–Kier alpha value is -1.00. The molecule has 0 saturated heterocycles. The molecule has 0 fully saturated rings. The first-order valence-corrected chi connectivity index (χ1v) is 5.48. The van der Waals surface area contributed by atoms with Gasteiger partial charge in [0.2, 0.25) is 0 Å². The average molecular weight is 391 g/mol. The van der Waals surface area contributed by atoms with Gasteiger partial charge in [-0.15, -0.1) is 24.0 Å². The molecule has 0 saturated carbocycles. The summed E-state index contributed by atoms with van der Waals surface area (Å²) < 4.78 is 39.0. The van der Waals surface area contributed by atoms with Gasteiger partial charge in [0.05, 0.1) is 6.54 Å². The molecule has 5 nitrogen and oxygen atoms in total. The third kappa shape index (κ3) is 5.66. The van der Waals surface area contributed by atoms with E-state index in [2.05, 4.69) is 15.4 Å². The predicted molar refractivity (Wildman–Crippen MR) is 77.2 cm³/mol. The fraction of sp³-hybridized carbons (Fsp3) is 0.600. The lowest BCUT2D eigenvalue weighted by atomic mass is 10.2. The first kappa shape index (κ1) is 18.0. The zero-order valence-corrected chi connectivity index (χ0v) is 13.0. The molecule has 1 rings (SSSR count). The van der Waals surface area contributed by atoms with E-state index in [0.29, 0.717) is 6.54 Å². The Kier molecular flexibility index (Phi) is 7.16.